The molecule has 3 aromatic rings. The lowest BCUT2D eigenvalue weighted by molar-refractivity contribution is -0.143. The van der Waals surface area contributed by atoms with E-state index in [2.05, 4.69) is 20.4 Å². The molecule has 0 fully saturated rings. The monoisotopic (exact) mass is 615 g/mol. The molecule has 4 rings (SSSR count). The minimum absolute atomic E-state index is 0.0431. The highest BCUT2D eigenvalue weighted by molar-refractivity contribution is 6.66. The Hall–Kier alpha value is -3.63. The van der Waals surface area contributed by atoms with Crippen molar-refractivity contribution in [3.8, 4) is 0 Å². The van der Waals surface area contributed by atoms with Crippen molar-refractivity contribution in [3.05, 3.63) is 58.4 Å². The molecule has 2 atom stereocenters. The van der Waals surface area contributed by atoms with Gasteiger partial charge in [0.25, 0.3) is 5.95 Å². The van der Waals surface area contributed by atoms with Crippen LogP contribution in [0.4, 0.5) is 55.9 Å². The van der Waals surface area contributed by atoms with Gasteiger partial charge >= 0.3 is 23.9 Å². The number of benzene rings is 1. The average Bonchev–Trinajstić information content (AvgIpc) is 3.30. The molecule has 3 heterocycles. The molecule has 0 spiro atoms. The van der Waals surface area contributed by atoms with Crippen LogP contribution in [0.25, 0.3) is 0 Å². The summed E-state index contributed by atoms with van der Waals surface area (Å²) in [5.74, 6) is -0.311. The second-order valence-corrected chi connectivity index (χ2v) is 9.48. The van der Waals surface area contributed by atoms with E-state index in [1.807, 2.05) is 0 Å². The summed E-state index contributed by atoms with van der Waals surface area (Å²) in [7, 11) is 1.33. The fourth-order valence-corrected chi connectivity index (χ4v) is 4.85. The zero-order valence-electron chi connectivity index (χ0n) is 21.0. The van der Waals surface area contributed by atoms with Gasteiger partial charge in [-0.15, -0.1) is 5.10 Å². The van der Waals surface area contributed by atoms with Crippen LogP contribution in [0.3, 0.4) is 0 Å². The lowest BCUT2D eigenvalue weighted by atomic mass is 9.91. The number of aromatic nitrogens is 5. The molecule has 1 amide bonds. The van der Waals surface area contributed by atoms with E-state index >= 15 is 0 Å². The number of hydrogen-bond acceptors (Lipinski definition) is 6. The van der Waals surface area contributed by atoms with Crippen molar-refractivity contribution in [3.63, 3.8) is 0 Å². The summed E-state index contributed by atoms with van der Waals surface area (Å²) in [5, 5.41) is 10.4. The van der Waals surface area contributed by atoms with E-state index in [4.69, 9.17) is 11.6 Å². The maximum absolute atomic E-state index is 13.6. The van der Waals surface area contributed by atoms with Crippen LogP contribution >= 0.6 is 11.6 Å². The quantitative estimate of drug-likeness (QED) is 0.179. The number of carbonyl (C=O) groups excluding carboxylic acids is 1. The van der Waals surface area contributed by atoms with Gasteiger partial charge in [0.1, 0.15) is 5.69 Å². The van der Waals surface area contributed by atoms with Crippen LogP contribution in [-0.4, -0.2) is 36.6 Å². The largest absolute Gasteiger partial charge is 0.433 e. The molecule has 0 radical (unpaired) electrons. The van der Waals surface area contributed by atoms with Crippen LogP contribution in [0.1, 0.15) is 53.9 Å². The van der Waals surface area contributed by atoms with Gasteiger partial charge in [-0.2, -0.15) is 44.3 Å². The lowest BCUT2D eigenvalue weighted by Crippen LogP contribution is -2.46. The second kappa shape index (κ2) is 10.6. The van der Waals surface area contributed by atoms with Gasteiger partial charge in [-0.25, -0.2) is 4.98 Å². The van der Waals surface area contributed by atoms with Crippen LogP contribution in [0.2, 0.25) is 0 Å². The van der Waals surface area contributed by atoms with Crippen LogP contribution in [0.5, 0.6) is 0 Å². The predicted octanol–water partition coefficient (Wildman–Crippen LogP) is 6.76. The van der Waals surface area contributed by atoms with E-state index in [1.54, 1.807) is 6.92 Å². The van der Waals surface area contributed by atoms with Crippen molar-refractivity contribution < 1.29 is 44.3 Å². The Morgan fingerprint density at radius 3 is 2.07 bits per heavy atom. The molecule has 0 aliphatic carbocycles. The van der Waals surface area contributed by atoms with Crippen molar-refractivity contribution in [1.82, 2.24) is 25.2 Å². The molecule has 0 bridgehead atoms. The molecule has 0 unspecified atom stereocenters. The Morgan fingerprint density at radius 2 is 1.61 bits per heavy atom. The maximum atomic E-state index is 13.6. The molecule has 222 valence electrons. The molecular weight excluding hydrogens is 597 g/mol. The highest BCUT2D eigenvalue weighted by atomic mass is 35.5. The van der Waals surface area contributed by atoms with Crippen molar-refractivity contribution in [2.24, 2.45) is 7.05 Å². The SMILES string of the molecule is CC[C@@H]1C[C@H](N(Cc2cc(C(F)(F)F)cc(C(F)(F)F)c2)c2nnn(C)n2)c2nc(C(F)(F)F)ccc2N1C(=O)Cl. The summed E-state index contributed by atoms with van der Waals surface area (Å²) in [5.41, 5.74) is -5.47. The molecule has 0 saturated heterocycles. The first-order valence-electron chi connectivity index (χ1n) is 11.8. The third kappa shape index (κ3) is 6.33. The van der Waals surface area contributed by atoms with Crippen molar-refractivity contribution in [2.45, 2.75) is 56.9 Å². The van der Waals surface area contributed by atoms with Gasteiger partial charge < -0.3 is 4.90 Å². The number of anilines is 2. The number of nitrogens with zero attached hydrogens (tertiary/aromatic N) is 7. The standard InChI is InChI=1S/C23H19ClF9N7O/c1-3-14-9-16(18-15(40(14)19(24)41)4-5-17(34-18)23(31,32)33)39(20-35-37-38(2)36-20)10-11-6-12(21(25,26)27)8-13(7-11)22(28,29)30/h4-8,14,16H,3,9-10H2,1-2H3/t14-,16+/m1/s1. The van der Waals surface area contributed by atoms with E-state index in [9.17, 15) is 44.3 Å². The van der Waals surface area contributed by atoms with Gasteiger partial charge in [0.15, 0.2) is 0 Å². The topological polar surface area (TPSA) is 80.0 Å². The molecule has 1 aromatic carbocycles. The Kier molecular flexibility index (Phi) is 7.88. The van der Waals surface area contributed by atoms with Crippen molar-refractivity contribution in [2.75, 3.05) is 9.80 Å². The number of amides is 1. The lowest BCUT2D eigenvalue weighted by Gasteiger charge is -2.42. The molecule has 8 nitrogen and oxygen atoms in total. The van der Waals surface area contributed by atoms with Gasteiger partial charge in [0.2, 0.25) is 0 Å². The molecule has 18 heteroatoms. The number of pyridine rings is 1. The minimum Gasteiger partial charge on any atom is -0.325 e. The van der Waals surface area contributed by atoms with Crippen molar-refractivity contribution in [1.29, 1.82) is 0 Å². The van der Waals surface area contributed by atoms with E-state index < -0.39 is 64.9 Å². The fourth-order valence-electron chi connectivity index (χ4n) is 4.62. The maximum Gasteiger partial charge on any atom is 0.433 e. The number of fused-ring (bicyclic) bond motifs is 1. The summed E-state index contributed by atoms with van der Waals surface area (Å²) in [4.78, 5) is 19.1. The number of carbonyl (C=O) groups is 1. The van der Waals surface area contributed by atoms with Crippen LogP contribution < -0.4 is 9.80 Å². The molecule has 1 aliphatic rings. The highest BCUT2D eigenvalue weighted by Gasteiger charge is 2.43. The predicted molar refractivity (Wildman–Crippen MR) is 126 cm³/mol. The zero-order valence-corrected chi connectivity index (χ0v) is 21.7. The number of rotatable bonds is 5. The van der Waals surface area contributed by atoms with Crippen molar-refractivity contribution >= 4 is 28.6 Å². The Labute approximate surface area is 230 Å². The van der Waals surface area contributed by atoms with E-state index in [-0.39, 0.29) is 36.2 Å². The smallest absolute Gasteiger partial charge is 0.325 e. The summed E-state index contributed by atoms with van der Waals surface area (Å²) in [6.45, 7) is 0.941. The zero-order chi connectivity index (χ0) is 30.5. The Bertz CT molecular complexity index is 1410. The molecular formula is C23H19ClF9N7O. The summed E-state index contributed by atoms with van der Waals surface area (Å²) >= 11 is 5.76. The van der Waals surface area contributed by atoms with Gasteiger partial charge in [-0.05, 0) is 65.6 Å². The molecule has 2 aromatic heterocycles. The first-order chi connectivity index (χ1) is 18.9. The summed E-state index contributed by atoms with van der Waals surface area (Å²) in [6, 6.07) is 0.572. The number of alkyl halides is 9. The van der Waals surface area contributed by atoms with Crippen LogP contribution in [0.15, 0.2) is 30.3 Å². The van der Waals surface area contributed by atoms with E-state index in [0.717, 1.165) is 20.7 Å². The molecule has 0 saturated carbocycles. The summed E-state index contributed by atoms with van der Waals surface area (Å²) in [6.07, 6.45) is -15.1. The van der Waals surface area contributed by atoms with E-state index in [0.29, 0.717) is 18.2 Å². The number of hydrogen-bond donors (Lipinski definition) is 0. The number of aryl methyl sites for hydroxylation is 1. The Morgan fingerprint density at radius 1 is 1.00 bits per heavy atom. The van der Waals surface area contributed by atoms with Crippen LogP contribution in [0, 0.1) is 0 Å². The molecule has 41 heavy (non-hydrogen) atoms. The minimum atomic E-state index is -5.14. The first-order valence-corrected chi connectivity index (χ1v) is 12.1. The fraction of sp³-hybridized carbons (Fsp3) is 0.435. The normalized spacial score (nSPS) is 17.9. The van der Waals surface area contributed by atoms with Gasteiger partial charge in [0, 0.05) is 12.6 Å². The van der Waals surface area contributed by atoms with Gasteiger partial charge in [-0.1, -0.05) is 12.0 Å². The Balaban J connectivity index is 1.93. The van der Waals surface area contributed by atoms with Gasteiger partial charge in [0.05, 0.1) is 35.6 Å². The number of tetrazole rings is 1. The number of halogens is 10. The third-order valence-corrected chi connectivity index (χ3v) is 6.60. The third-order valence-electron chi connectivity index (χ3n) is 6.42. The second-order valence-electron chi connectivity index (χ2n) is 9.16. The van der Waals surface area contributed by atoms with E-state index in [1.165, 1.54) is 7.05 Å². The van der Waals surface area contributed by atoms with Gasteiger partial charge in [-0.3, -0.25) is 9.69 Å². The van der Waals surface area contributed by atoms with Crippen LogP contribution in [-0.2, 0) is 32.1 Å². The highest BCUT2D eigenvalue weighted by Crippen LogP contribution is 2.44. The summed E-state index contributed by atoms with van der Waals surface area (Å²) < 4.78 is 122. The first kappa shape index (κ1) is 30.3. The average molecular weight is 616 g/mol. The molecule has 1 aliphatic heterocycles. The molecule has 0 N–H and O–H groups in total.